The number of rotatable bonds is 3. The molecule has 0 radical (unpaired) electrons. The Bertz CT molecular complexity index is 3040. The molecule has 11 rings (SSSR count). The maximum atomic E-state index is 5.12. The Morgan fingerprint density at radius 3 is 1.60 bits per heavy atom. The molecule has 0 fully saturated rings. The summed E-state index contributed by atoms with van der Waals surface area (Å²) in [5.41, 5.74) is 14.4. The van der Waals surface area contributed by atoms with E-state index in [1.165, 1.54) is 60.3 Å². The molecule has 222 valence electrons. The lowest BCUT2D eigenvalue weighted by molar-refractivity contribution is 1.18. The number of para-hydroxylation sites is 4. The van der Waals surface area contributed by atoms with Crippen LogP contribution in [0, 0.1) is 0 Å². The number of hydrogen-bond acceptors (Lipinski definition) is 2. The zero-order valence-corrected chi connectivity index (χ0v) is 25.8. The van der Waals surface area contributed by atoms with Crippen molar-refractivity contribution in [1.82, 2.24) is 18.9 Å². The smallest absolute Gasteiger partial charge is 0.165 e. The molecule has 0 atom stereocenters. The van der Waals surface area contributed by atoms with E-state index in [0.29, 0.717) is 0 Å². The first-order valence-corrected chi connectivity index (χ1v) is 16.3. The van der Waals surface area contributed by atoms with E-state index in [0.717, 1.165) is 38.8 Å². The Balaban J connectivity index is 1.15. The second kappa shape index (κ2) is 9.50. The molecule has 0 aliphatic heterocycles. The first kappa shape index (κ1) is 25.6. The fraction of sp³-hybridized carbons (Fsp3) is 0. The third-order valence-electron chi connectivity index (χ3n) is 10.0. The van der Waals surface area contributed by atoms with Crippen LogP contribution in [0.1, 0.15) is 0 Å². The van der Waals surface area contributed by atoms with Gasteiger partial charge >= 0.3 is 0 Å². The average molecular weight is 611 g/mol. The lowest BCUT2D eigenvalue weighted by atomic mass is 9.99. The van der Waals surface area contributed by atoms with Gasteiger partial charge in [-0.15, -0.1) is 0 Å². The molecule has 0 aliphatic rings. The molecule has 48 heavy (non-hydrogen) atoms. The largest absolute Gasteiger partial charge is 0.309 e. The van der Waals surface area contributed by atoms with Gasteiger partial charge in [-0.3, -0.25) is 4.40 Å². The predicted molar refractivity (Wildman–Crippen MR) is 199 cm³/mol. The number of benzene rings is 7. The van der Waals surface area contributed by atoms with Crippen LogP contribution in [0.2, 0.25) is 0 Å². The maximum absolute atomic E-state index is 5.12. The molecule has 0 unspecified atom stereocenters. The van der Waals surface area contributed by atoms with E-state index in [-0.39, 0.29) is 0 Å². The van der Waals surface area contributed by atoms with E-state index < -0.39 is 0 Å². The summed E-state index contributed by atoms with van der Waals surface area (Å²) < 4.78 is 4.69. The lowest BCUT2D eigenvalue weighted by Crippen LogP contribution is -1.93. The van der Waals surface area contributed by atoms with E-state index >= 15 is 0 Å². The highest BCUT2D eigenvalue weighted by Gasteiger charge is 2.20. The van der Waals surface area contributed by atoms with Crippen LogP contribution in [0.5, 0.6) is 0 Å². The second-order valence-corrected chi connectivity index (χ2v) is 12.7. The van der Waals surface area contributed by atoms with Gasteiger partial charge in [-0.2, -0.15) is 0 Å². The van der Waals surface area contributed by atoms with Gasteiger partial charge in [-0.25, -0.2) is 9.97 Å². The fourth-order valence-electron chi connectivity index (χ4n) is 7.86. The number of hydrogen-bond donors (Lipinski definition) is 0. The van der Waals surface area contributed by atoms with Crippen molar-refractivity contribution in [3.8, 4) is 27.9 Å². The summed E-state index contributed by atoms with van der Waals surface area (Å²) in [4.78, 5) is 10.2. The predicted octanol–water partition coefficient (Wildman–Crippen LogP) is 11.2. The van der Waals surface area contributed by atoms with Gasteiger partial charge in [-0.05, 0) is 82.9 Å². The van der Waals surface area contributed by atoms with Gasteiger partial charge in [0.25, 0.3) is 0 Å². The zero-order chi connectivity index (χ0) is 31.3. The van der Waals surface area contributed by atoms with Crippen molar-refractivity contribution >= 4 is 71.2 Å². The third kappa shape index (κ3) is 3.49. The van der Waals surface area contributed by atoms with Gasteiger partial charge in [-0.1, -0.05) is 97.1 Å². The van der Waals surface area contributed by atoms with Crippen molar-refractivity contribution in [3.05, 3.63) is 158 Å². The average Bonchev–Trinajstić information content (AvgIpc) is 3.78. The minimum atomic E-state index is 0.909. The van der Waals surface area contributed by atoms with E-state index in [2.05, 4.69) is 142 Å². The van der Waals surface area contributed by atoms with Gasteiger partial charge in [0.1, 0.15) is 5.52 Å². The molecule has 4 heterocycles. The van der Waals surface area contributed by atoms with Crippen LogP contribution in [-0.4, -0.2) is 18.9 Å². The quantitative estimate of drug-likeness (QED) is 0.199. The molecule has 4 nitrogen and oxygen atoms in total. The van der Waals surface area contributed by atoms with Crippen LogP contribution < -0.4 is 0 Å². The second-order valence-electron chi connectivity index (χ2n) is 12.7. The van der Waals surface area contributed by atoms with Crippen LogP contribution in [-0.2, 0) is 0 Å². The molecule has 0 spiro atoms. The van der Waals surface area contributed by atoms with Crippen molar-refractivity contribution in [3.63, 3.8) is 0 Å². The molecule has 4 heteroatoms. The van der Waals surface area contributed by atoms with Crippen molar-refractivity contribution in [2.75, 3.05) is 0 Å². The summed E-state index contributed by atoms with van der Waals surface area (Å²) in [6.07, 6.45) is 0. The molecule has 0 N–H and O–H groups in total. The minimum Gasteiger partial charge on any atom is -0.309 e. The Labute approximate surface area is 275 Å². The topological polar surface area (TPSA) is 35.1 Å². The fourth-order valence-corrected chi connectivity index (χ4v) is 7.86. The Hall–Kier alpha value is -6.52. The summed E-state index contributed by atoms with van der Waals surface area (Å²) >= 11 is 0. The molecular weight excluding hydrogens is 585 g/mol. The first-order chi connectivity index (χ1) is 23.8. The molecule has 0 aliphatic carbocycles. The maximum Gasteiger partial charge on any atom is 0.165 e. The van der Waals surface area contributed by atoms with Crippen molar-refractivity contribution in [2.45, 2.75) is 0 Å². The molecule has 11 aromatic rings. The van der Waals surface area contributed by atoms with Crippen LogP contribution in [0.25, 0.3) is 99.1 Å². The minimum absolute atomic E-state index is 0.909. The van der Waals surface area contributed by atoms with Crippen LogP contribution in [0.3, 0.4) is 0 Å². The van der Waals surface area contributed by atoms with E-state index in [9.17, 15) is 0 Å². The molecule has 7 aromatic carbocycles. The summed E-state index contributed by atoms with van der Waals surface area (Å²) in [7, 11) is 0. The third-order valence-corrected chi connectivity index (χ3v) is 10.0. The number of nitrogens with zero attached hydrogens (tertiary/aromatic N) is 4. The van der Waals surface area contributed by atoms with E-state index in [1.54, 1.807) is 0 Å². The van der Waals surface area contributed by atoms with Crippen molar-refractivity contribution in [1.29, 1.82) is 0 Å². The van der Waals surface area contributed by atoms with Crippen molar-refractivity contribution in [2.24, 2.45) is 0 Å². The molecule has 0 saturated heterocycles. The SMILES string of the molecule is c1ccc(-c2ccc3c(c2)c2cc(-c4ccc5c(c4)c4cccc6c7nc8ccccc8nc7n5c46)ccc2n3-c2ccccc2)cc1. The monoisotopic (exact) mass is 610 g/mol. The Kier molecular flexibility index (Phi) is 5.08. The highest BCUT2D eigenvalue weighted by Crippen LogP contribution is 2.41. The molecule has 0 bridgehead atoms. The van der Waals surface area contributed by atoms with Crippen molar-refractivity contribution < 1.29 is 0 Å². The van der Waals surface area contributed by atoms with Gasteiger partial charge in [0.15, 0.2) is 5.65 Å². The summed E-state index contributed by atoms with van der Waals surface area (Å²) in [5, 5.41) is 6.08. The Morgan fingerprint density at radius 1 is 0.375 bits per heavy atom. The molecule has 4 aromatic heterocycles. The summed E-state index contributed by atoms with van der Waals surface area (Å²) in [6.45, 7) is 0. The Morgan fingerprint density at radius 2 is 0.917 bits per heavy atom. The van der Waals surface area contributed by atoms with Gasteiger partial charge in [0.2, 0.25) is 0 Å². The standard InChI is InChI=1S/C44H26N4/c1-3-10-27(11-4-1)28-18-21-39-35(24-28)36-26-30(19-22-40(36)47(39)31-12-5-2-6-13-31)29-20-23-41-34(25-29)32-14-9-15-33-42-44(48(41)43(32)33)46-38-17-8-7-16-37(38)45-42/h1-26H. The molecular formula is C44H26N4. The van der Waals surface area contributed by atoms with Crippen LogP contribution in [0.15, 0.2) is 158 Å². The molecule has 0 amide bonds. The highest BCUT2D eigenvalue weighted by molar-refractivity contribution is 6.23. The van der Waals surface area contributed by atoms with E-state index in [1.807, 2.05) is 24.3 Å². The number of aromatic nitrogens is 4. The summed E-state index contributed by atoms with van der Waals surface area (Å²) in [5.74, 6) is 0. The lowest BCUT2D eigenvalue weighted by Gasteiger charge is -2.08. The normalized spacial score (nSPS) is 12.2. The number of fused-ring (bicyclic) bond motifs is 10. The van der Waals surface area contributed by atoms with Gasteiger partial charge < -0.3 is 4.57 Å². The zero-order valence-electron chi connectivity index (χ0n) is 25.8. The highest BCUT2D eigenvalue weighted by atomic mass is 15.0. The van der Waals surface area contributed by atoms with Crippen LogP contribution in [0.4, 0.5) is 0 Å². The van der Waals surface area contributed by atoms with Crippen LogP contribution >= 0.6 is 0 Å². The van der Waals surface area contributed by atoms with E-state index in [4.69, 9.17) is 9.97 Å². The first-order valence-electron chi connectivity index (χ1n) is 16.3. The molecule has 0 saturated carbocycles. The van der Waals surface area contributed by atoms with Gasteiger partial charge in [0, 0.05) is 32.6 Å². The van der Waals surface area contributed by atoms with Gasteiger partial charge in [0.05, 0.1) is 33.1 Å². The summed E-state index contributed by atoms with van der Waals surface area (Å²) in [6, 6.07) is 56.6.